The average molecular weight is 560 g/mol. The number of benzene rings is 3. The van der Waals surface area contributed by atoms with E-state index in [4.69, 9.17) is 14.2 Å². The van der Waals surface area contributed by atoms with E-state index < -0.39 is 0 Å². The molecule has 1 fully saturated rings. The van der Waals surface area contributed by atoms with E-state index in [9.17, 15) is 4.39 Å². The molecular weight excluding hydrogens is 534 g/mol. The minimum atomic E-state index is -0.277. The maximum Gasteiger partial charge on any atom is 0.175 e. The topological polar surface area (TPSA) is 43.3 Å². The van der Waals surface area contributed by atoms with Gasteiger partial charge in [-0.1, -0.05) is 12.1 Å². The van der Waals surface area contributed by atoms with E-state index in [2.05, 4.69) is 44.6 Å². The zero-order chi connectivity index (χ0) is 23.0. The fourth-order valence-electron chi connectivity index (χ4n) is 3.57. The normalized spacial score (nSPS) is 14.0. The van der Waals surface area contributed by atoms with Gasteiger partial charge in [-0.25, -0.2) is 4.39 Å². The molecule has 33 heavy (non-hydrogen) atoms. The molecule has 1 heterocycles. The Morgan fingerprint density at radius 3 is 2.58 bits per heavy atom. The summed E-state index contributed by atoms with van der Waals surface area (Å²) in [5.41, 5.74) is 3.74. The molecule has 0 aliphatic carbocycles. The number of rotatable bonds is 8. The molecule has 0 bridgehead atoms. The Morgan fingerprint density at radius 2 is 1.85 bits per heavy atom. The third-order valence-corrected chi connectivity index (χ3v) is 5.99. The largest absolute Gasteiger partial charge is 0.490 e. The SMILES string of the molecule is CCOc1cc(C=Nc2ccc(N3CCOCC3)cc2)cc(I)c1OCc1cccc(F)c1. The van der Waals surface area contributed by atoms with Crippen LogP contribution in [0.2, 0.25) is 0 Å². The van der Waals surface area contributed by atoms with E-state index in [1.54, 1.807) is 6.07 Å². The molecule has 0 N–H and O–H groups in total. The Bertz CT molecular complexity index is 1100. The smallest absolute Gasteiger partial charge is 0.175 e. The van der Waals surface area contributed by atoms with Gasteiger partial charge in [-0.2, -0.15) is 0 Å². The molecule has 0 atom stereocenters. The predicted octanol–water partition coefficient (Wildman–Crippen LogP) is 6.00. The first-order valence-electron chi connectivity index (χ1n) is 10.9. The van der Waals surface area contributed by atoms with Gasteiger partial charge in [0.25, 0.3) is 0 Å². The molecule has 0 aromatic heterocycles. The monoisotopic (exact) mass is 560 g/mol. The van der Waals surface area contributed by atoms with E-state index in [0.29, 0.717) is 18.1 Å². The summed E-state index contributed by atoms with van der Waals surface area (Å²) >= 11 is 2.23. The summed E-state index contributed by atoms with van der Waals surface area (Å²) in [6.45, 7) is 6.06. The van der Waals surface area contributed by atoms with Gasteiger partial charge in [0.05, 0.1) is 29.1 Å². The van der Waals surface area contributed by atoms with Gasteiger partial charge < -0.3 is 19.1 Å². The number of nitrogens with zero attached hydrogens (tertiary/aromatic N) is 2. The van der Waals surface area contributed by atoms with Gasteiger partial charge in [-0.05, 0) is 89.2 Å². The van der Waals surface area contributed by atoms with Crippen molar-refractivity contribution < 1.29 is 18.6 Å². The van der Waals surface area contributed by atoms with Crippen LogP contribution in [0.15, 0.2) is 65.7 Å². The molecule has 3 aromatic carbocycles. The fourth-order valence-corrected chi connectivity index (χ4v) is 4.35. The summed E-state index contributed by atoms with van der Waals surface area (Å²) < 4.78 is 31.6. The number of aliphatic imine (C=N–C) groups is 1. The summed E-state index contributed by atoms with van der Waals surface area (Å²) in [5.74, 6) is 1.01. The summed E-state index contributed by atoms with van der Waals surface area (Å²) in [4.78, 5) is 6.94. The lowest BCUT2D eigenvalue weighted by atomic mass is 10.2. The maximum absolute atomic E-state index is 13.5. The van der Waals surface area contributed by atoms with Gasteiger partial charge in [0, 0.05) is 25.0 Å². The second-order valence-electron chi connectivity index (χ2n) is 7.56. The third kappa shape index (κ3) is 6.45. The Morgan fingerprint density at radius 1 is 1.06 bits per heavy atom. The molecule has 1 aliphatic rings. The van der Waals surface area contributed by atoms with Gasteiger partial charge in [-0.3, -0.25) is 4.99 Å². The average Bonchev–Trinajstić information content (AvgIpc) is 2.83. The molecule has 3 aromatic rings. The molecule has 0 amide bonds. The number of morpholine rings is 1. The molecule has 1 saturated heterocycles. The molecule has 0 radical (unpaired) electrons. The second kappa shape index (κ2) is 11.5. The van der Waals surface area contributed by atoms with Gasteiger partial charge in [0.1, 0.15) is 12.4 Å². The Balaban J connectivity index is 1.47. The zero-order valence-corrected chi connectivity index (χ0v) is 20.6. The van der Waals surface area contributed by atoms with Crippen LogP contribution in [0.4, 0.5) is 15.8 Å². The van der Waals surface area contributed by atoms with E-state index in [-0.39, 0.29) is 12.4 Å². The van der Waals surface area contributed by atoms with Crippen molar-refractivity contribution >= 4 is 40.2 Å². The molecular formula is C26H26FIN2O3. The first-order valence-corrected chi connectivity index (χ1v) is 12.0. The Labute approximate surface area is 207 Å². The van der Waals surface area contributed by atoms with E-state index in [1.165, 1.54) is 17.8 Å². The molecule has 5 nitrogen and oxygen atoms in total. The van der Waals surface area contributed by atoms with Crippen LogP contribution in [0.3, 0.4) is 0 Å². The molecule has 1 aliphatic heterocycles. The Hall–Kier alpha value is -2.65. The fraction of sp³-hybridized carbons (Fsp3) is 0.269. The predicted molar refractivity (Wildman–Crippen MR) is 138 cm³/mol. The number of anilines is 1. The van der Waals surface area contributed by atoms with E-state index in [1.807, 2.05) is 43.5 Å². The summed E-state index contributed by atoms with van der Waals surface area (Å²) in [6, 6.07) is 18.5. The van der Waals surface area contributed by atoms with Crippen LogP contribution in [0.1, 0.15) is 18.1 Å². The van der Waals surface area contributed by atoms with Crippen molar-refractivity contribution in [3.05, 3.63) is 81.2 Å². The van der Waals surface area contributed by atoms with Crippen molar-refractivity contribution in [3.63, 3.8) is 0 Å². The highest BCUT2D eigenvalue weighted by Crippen LogP contribution is 2.35. The molecule has 0 saturated carbocycles. The minimum absolute atomic E-state index is 0.261. The highest BCUT2D eigenvalue weighted by molar-refractivity contribution is 14.1. The number of hydrogen-bond acceptors (Lipinski definition) is 5. The van der Waals surface area contributed by atoms with Crippen molar-refractivity contribution in [2.24, 2.45) is 4.99 Å². The highest BCUT2D eigenvalue weighted by atomic mass is 127. The van der Waals surface area contributed by atoms with Gasteiger partial charge >= 0.3 is 0 Å². The number of halogens is 2. The zero-order valence-electron chi connectivity index (χ0n) is 18.5. The van der Waals surface area contributed by atoms with Crippen molar-refractivity contribution in [1.82, 2.24) is 0 Å². The standard InChI is InChI=1S/C26H26FIN2O3/c1-2-32-25-16-20(15-24(28)26(25)33-18-19-4-3-5-21(27)14-19)17-29-22-6-8-23(9-7-22)30-10-12-31-13-11-30/h3-9,14-17H,2,10-13,18H2,1H3. The summed E-state index contributed by atoms with van der Waals surface area (Å²) in [5, 5.41) is 0. The molecule has 7 heteroatoms. The molecule has 0 unspecified atom stereocenters. The van der Waals surface area contributed by atoms with Crippen molar-refractivity contribution in [3.8, 4) is 11.5 Å². The third-order valence-electron chi connectivity index (χ3n) is 5.19. The first kappa shape index (κ1) is 23.5. The lowest BCUT2D eigenvalue weighted by Gasteiger charge is -2.28. The molecule has 4 rings (SSSR count). The van der Waals surface area contributed by atoms with E-state index >= 15 is 0 Å². The van der Waals surface area contributed by atoms with Crippen LogP contribution in [0.25, 0.3) is 0 Å². The van der Waals surface area contributed by atoms with Crippen LogP contribution < -0.4 is 14.4 Å². The second-order valence-corrected chi connectivity index (χ2v) is 8.72. The van der Waals surface area contributed by atoms with Crippen LogP contribution in [-0.4, -0.2) is 39.1 Å². The van der Waals surface area contributed by atoms with Crippen LogP contribution in [0, 0.1) is 9.39 Å². The van der Waals surface area contributed by atoms with Crippen molar-refractivity contribution in [2.75, 3.05) is 37.8 Å². The van der Waals surface area contributed by atoms with Crippen LogP contribution >= 0.6 is 22.6 Å². The van der Waals surface area contributed by atoms with Crippen molar-refractivity contribution in [2.45, 2.75) is 13.5 Å². The van der Waals surface area contributed by atoms with Gasteiger partial charge in [0.15, 0.2) is 11.5 Å². The van der Waals surface area contributed by atoms with Gasteiger partial charge in [-0.15, -0.1) is 0 Å². The molecule has 0 spiro atoms. The van der Waals surface area contributed by atoms with Gasteiger partial charge in [0.2, 0.25) is 0 Å². The summed E-state index contributed by atoms with van der Waals surface area (Å²) in [6.07, 6.45) is 1.82. The molecule has 172 valence electrons. The number of hydrogen-bond donors (Lipinski definition) is 0. The van der Waals surface area contributed by atoms with Crippen molar-refractivity contribution in [1.29, 1.82) is 0 Å². The maximum atomic E-state index is 13.5. The quantitative estimate of drug-likeness (QED) is 0.251. The lowest BCUT2D eigenvalue weighted by Crippen LogP contribution is -2.36. The number of ether oxygens (including phenoxy) is 3. The Kier molecular flexibility index (Phi) is 8.17. The summed E-state index contributed by atoms with van der Waals surface area (Å²) in [7, 11) is 0. The minimum Gasteiger partial charge on any atom is -0.490 e. The lowest BCUT2D eigenvalue weighted by molar-refractivity contribution is 0.122. The first-order chi connectivity index (χ1) is 16.1. The highest BCUT2D eigenvalue weighted by Gasteiger charge is 2.13. The van der Waals surface area contributed by atoms with Crippen LogP contribution in [0.5, 0.6) is 11.5 Å². The van der Waals surface area contributed by atoms with E-state index in [0.717, 1.165) is 46.7 Å². The van der Waals surface area contributed by atoms with Crippen LogP contribution in [-0.2, 0) is 11.3 Å².